The van der Waals surface area contributed by atoms with Gasteiger partial charge in [0, 0.05) is 44.2 Å². The molecule has 10 heteroatoms. The molecule has 3 rings (SSSR count). The number of thioether (sulfide) groups is 1. The van der Waals surface area contributed by atoms with Gasteiger partial charge in [0.2, 0.25) is 0 Å². The molecule has 2 fully saturated rings. The van der Waals surface area contributed by atoms with Crippen molar-refractivity contribution in [1.82, 2.24) is 10.2 Å². The van der Waals surface area contributed by atoms with Gasteiger partial charge < -0.3 is 21.4 Å². The molecule has 0 bridgehead atoms. The van der Waals surface area contributed by atoms with Crippen molar-refractivity contribution in [2.45, 2.75) is 0 Å². The van der Waals surface area contributed by atoms with Crippen LogP contribution in [0.4, 0.5) is 10.1 Å². The number of hydrogen-bond acceptors (Lipinski definition) is 8. The summed E-state index contributed by atoms with van der Waals surface area (Å²) in [6, 6.07) is 2.40. The Labute approximate surface area is 159 Å². The van der Waals surface area contributed by atoms with E-state index in [1.165, 1.54) is 6.07 Å². The first-order valence-corrected chi connectivity index (χ1v) is 9.20. The number of fused-ring (bicyclic) bond motifs is 1. The SMILES string of the molecule is N=CC(=CN)c1cc(F)c(C(=N)SC(=N)N2CC3CNCC3C2)c(N=O)c1. The topological polar surface area (TPSA) is 142 Å². The average Bonchev–Trinajstić information content (AvgIpc) is 3.24. The summed E-state index contributed by atoms with van der Waals surface area (Å²) >= 11 is 0.807. The molecule has 8 nitrogen and oxygen atoms in total. The largest absolute Gasteiger partial charge is 0.404 e. The zero-order chi connectivity index (χ0) is 19.6. The molecule has 1 aromatic carbocycles. The van der Waals surface area contributed by atoms with E-state index in [1.807, 2.05) is 4.90 Å². The number of rotatable bonds is 4. The van der Waals surface area contributed by atoms with Crippen LogP contribution in [-0.4, -0.2) is 47.5 Å². The number of halogens is 1. The van der Waals surface area contributed by atoms with E-state index >= 15 is 0 Å². The van der Waals surface area contributed by atoms with E-state index in [2.05, 4.69) is 10.5 Å². The van der Waals surface area contributed by atoms with Crippen LogP contribution in [0, 0.1) is 38.8 Å². The first-order valence-electron chi connectivity index (χ1n) is 8.39. The average molecular weight is 389 g/mol. The van der Waals surface area contributed by atoms with Crippen molar-refractivity contribution in [3.05, 3.63) is 40.2 Å². The van der Waals surface area contributed by atoms with E-state index in [0.29, 0.717) is 11.8 Å². The van der Waals surface area contributed by atoms with Crippen LogP contribution in [0.1, 0.15) is 11.1 Å². The predicted octanol–water partition coefficient (Wildman–Crippen LogP) is 2.32. The molecular weight excluding hydrogens is 369 g/mol. The summed E-state index contributed by atoms with van der Waals surface area (Å²) in [5, 5.41) is 29.8. The number of nitrogens with one attached hydrogen (secondary N) is 4. The van der Waals surface area contributed by atoms with Crippen molar-refractivity contribution >= 4 is 39.4 Å². The highest BCUT2D eigenvalue weighted by Crippen LogP contribution is 2.33. The van der Waals surface area contributed by atoms with Gasteiger partial charge in [0.25, 0.3) is 0 Å². The van der Waals surface area contributed by atoms with Crippen LogP contribution in [0.15, 0.2) is 23.5 Å². The lowest BCUT2D eigenvalue weighted by molar-refractivity contribution is 0.474. The first-order chi connectivity index (χ1) is 13.0. The minimum Gasteiger partial charge on any atom is -0.404 e. The minimum absolute atomic E-state index is 0.164. The molecule has 2 heterocycles. The van der Waals surface area contributed by atoms with Crippen molar-refractivity contribution < 1.29 is 4.39 Å². The molecule has 2 atom stereocenters. The maximum absolute atomic E-state index is 14.6. The highest BCUT2D eigenvalue weighted by atomic mass is 32.2. The third-order valence-electron chi connectivity index (χ3n) is 4.94. The van der Waals surface area contributed by atoms with Crippen LogP contribution >= 0.6 is 11.8 Å². The van der Waals surface area contributed by atoms with E-state index in [1.54, 1.807) is 0 Å². The molecule has 0 aromatic heterocycles. The molecule has 0 amide bonds. The van der Waals surface area contributed by atoms with Gasteiger partial charge in [0.05, 0.1) is 5.56 Å². The molecule has 0 spiro atoms. The first kappa shape index (κ1) is 19.2. The van der Waals surface area contributed by atoms with Crippen LogP contribution in [-0.2, 0) is 0 Å². The van der Waals surface area contributed by atoms with E-state index in [9.17, 15) is 9.30 Å². The third kappa shape index (κ3) is 3.76. The maximum atomic E-state index is 14.6. The molecule has 6 N–H and O–H groups in total. The maximum Gasteiger partial charge on any atom is 0.162 e. The summed E-state index contributed by atoms with van der Waals surface area (Å²) in [5.74, 6) is 0.174. The van der Waals surface area contributed by atoms with E-state index in [-0.39, 0.29) is 32.6 Å². The number of benzene rings is 1. The standard InChI is InChI=1S/C17H20FN7OS/c18-13-1-9(10(3-19)4-20)2-14(24-26)15(13)16(21)27-17(22)25-7-11-5-23-6-12(11)8-25/h1-4,11-12,19,21-23H,5-8,20H2. The minimum atomic E-state index is -0.809. The zero-order valence-corrected chi connectivity index (χ0v) is 15.3. The van der Waals surface area contributed by atoms with Gasteiger partial charge in [0.1, 0.15) is 16.5 Å². The van der Waals surface area contributed by atoms with Crippen molar-refractivity contribution in [3.63, 3.8) is 0 Å². The van der Waals surface area contributed by atoms with Gasteiger partial charge in [-0.3, -0.25) is 10.8 Å². The lowest BCUT2D eigenvalue weighted by atomic mass is 10.0. The van der Waals surface area contributed by atoms with Gasteiger partial charge in [-0.15, -0.1) is 4.91 Å². The number of likely N-dealkylation sites (tertiary alicyclic amines) is 1. The fourth-order valence-electron chi connectivity index (χ4n) is 3.52. The normalized spacial score (nSPS) is 21.8. The Morgan fingerprint density at radius 1 is 1.33 bits per heavy atom. The number of hydrogen-bond donors (Lipinski definition) is 5. The van der Waals surface area contributed by atoms with Crippen LogP contribution < -0.4 is 11.1 Å². The summed E-state index contributed by atoms with van der Waals surface area (Å²) < 4.78 is 14.6. The fraction of sp³-hybridized carbons (Fsp3) is 0.353. The highest BCUT2D eigenvalue weighted by molar-refractivity contribution is 8.26. The van der Waals surface area contributed by atoms with Gasteiger partial charge >= 0.3 is 0 Å². The Hall–Kier alpha value is -2.59. The Kier molecular flexibility index (Phi) is 5.66. The van der Waals surface area contributed by atoms with Crippen LogP contribution in [0.5, 0.6) is 0 Å². The van der Waals surface area contributed by atoms with Gasteiger partial charge in [-0.2, -0.15) is 0 Å². The molecule has 2 aliphatic rings. The molecule has 1 aromatic rings. The molecule has 2 unspecified atom stereocenters. The molecular formula is C17H20FN7OS. The van der Waals surface area contributed by atoms with Crippen molar-refractivity contribution in [3.8, 4) is 0 Å². The smallest absolute Gasteiger partial charge is 0.162 e. The van der Waals surface area contributed by atoms with Gasteiger partial charge in [-0.25, -0.2) is 4.39 Å². The monoisotopic (exact) mass is 389 g/mol. The fourth-order valence-corrected chi connectivity index (χ4v) is 4.29. The van der Waals surface area contributed by atoms with Gasteiger partial charge in [0.15, 0.2) is 5.17 Å². The summed E-state index contributed by atoms with van der Waals surface area (Å²) in [6.45, 7) is 3.33. The molecule has 0 radical (unpaired) electrons. The van der Waals surface area contributed by atoms with Crippen LogP contribution in [0.3, 0.4) is 0 Å². The van der Waals surface area contributed by atoms with Gasteiger partial charge in [-0.1, -0.05) is 0 Å². The van der Waals surface area contributed by atoms with E-state index in [4.69, 9.17) is 22.0 Å². The molecule has 27 heavy (non-hydrogen) atoms. The summed E-state index contributed by atoms with van der Waals surface area (Å²) in [7, 11) is 0. The lowest BCUT2D eigenvalue weighted by Gasteiger charge is -2.20. The Morgan fingerprint density at radius 3 is 2.56 bits per heavy atom. The van der Waals surface area contributed by atoms with Crippen LogP contribution in [0.2, 0.25) is 0 Å². The highest BCUT2D eigenvalue weighted by Gasteiger charge is 2.37. The van der Waals surface area contributed by atoms with Crippen LogP contribution in [0.25, 0.3) is 5.57 Å². The molecule has 0 aliphatic carbocycles. The number of nitrogens with two attached hydrogens (primary N) is 1. The Balaban J connectivity index is 1.79. The quantitative estimate of drug-likeness (QED) is 0.305. The Morgan fingerprint density at radius 2 is 2.00 bits per heavy atom. The summed E-state index contributed by atoms with van der Waals surface area (Å²) in [5.41, 5.74) is 5.37. The molecule has 2 aliphatic heterocycles. The number of allylic oxidation sites excluding steroid dienone is 1. The van der Waals surface area contributed by atoms with Crippen molar-refractivity contribution in [1.29, 1.82) is 16.2 Å². The lowest BCUT2D eigenvalue weighted by Crippen LogP contribution is -2.30. The second-order valence-corrected chi connectivity index (χ2v) is 7.53. The predicted molar refractivity (Wildman–Crippen MR) is 106 cm³/mol. The van der Waals surface area contributed by atoms with E-state index < -0.39 is 5.82 Å². The second kappa shape index (κ2) is 7.97. The number of nitroso groups, excluding NO2 is 1. The zero-order valence-electron chi connectivity index (χ0n) is 14.5. The molecule has 0 saturated carbocycles. The van der Waals surface area contributed by atoms with Crippen molar-refractivity contribution in [2.24, 2.45) is 22.7 Å². The van der Waals surface area contributed by atoms with E-state index in [0.717, 1.165) is 56.4 Å². The second-order valence-electron chi connectivity index (χ2n) is 6.53. The third-order valence-corrected chi connectivity index (χ3v) is 5.80. The molecule has 142 valence electrons. The van der Waals surface area contributed by atoms with Crippen molar-refractivity contribution in [2.75, 3.05) is 26.2 Å². The summed E-state index contributed by atoms with van der Waals surface area (Å²) in [6.07, 6.45) is 2.07. The molecule has 2 saturated heterocycles. The number of nitrogens with zero attached hydrogens (tertiary/aromatic N) is 2. The summed E-state index contributed by atoms with van der Waals surface area (Å²) in [4.78, 5) is 13.1. The van der Waals surface area contributed by atoms with Gasteiger partial charge in [-0.05, 0) is 46.5 Å². The Bertz CT molecular complexity index is 829. The number of amidine groups is 1.